The van der Waals surface area contributed by atoms with Crippen molar-refractivity contribution < 1.29 is 4.74 Å². The predicted molar refractivity (Wildman–Crippen MR) is 66.5 cm³/mol. The summed E-state index contributed by atoms with van der Waals surface area (Å²) in [5, 5.41) is 3.34. The largest absolute Gasteiger partial charge is 0.380 e. The van der Waals surface area contributed by atoms with Gasteiger partial charge in [0.25, 0.3) is 0 Å². The molecule has 0 unspecified atom stereocenters. The van der Waals surface area contributed by atoms with Gasteiger partial charge in [-0.05, 0) is 12.1 Å². The summed E-state index contributed by atoms with van der Waals surface area (Å²) in [4.78, 5) is 8.05. The van der Waals surface area contributed by atoms with E-state index in [1.54, 1.807) is 19.6 Å². The highest BCUT2D eigenvalue weighted by Gasteiger charge is 2.01. The highest BCUT2D eigenvalue weighted by molar-refractivity contribution is 5.50. The molecule has 1 heterocycles. The predicted octanol–water partition coefficient (Wildman–Crippen LogP) is 2.24. The number of anilines is 1. The smallest absolute Gasteiger partial charge is 0.115 e. The van der Waals surface area contributed by atoms with Crippen molar-refractivity contribution in [3.8, 4) is 0 Å². The van der Waals surface area contributed by atoms with Crippen LogP contribution >= 0.6 is 0 Å². The van der Waals surface area contributed by atoms with Crippen molar-refractivity contribution in [1.82, 2.24) is 9.97 Å². The zero-order valence-electron chi connectivity index (χ0n) is 9.76. The third kappa shape index (κ3) is 3.26. The molecule has 0 bridgehead atoms. The second kappa shape index (κ2) is 5.96. The summed E-state index contributed by atoms with van der Waals surface area (Å²) in [6.45, 7) is 1.29. The third-order valence-corrected chi connectivity index (χ3v) is 2.42. The molecule has 17 heavy (non-hydrogen) atoms. The summed E-state index contributed by atoms with van der Waals surface area (Å²) < 4.78 is 5.15. The number of ether oxygens (including phenoxy) is 1. The Kier molecular flexibility index (Phi) is 4.05. The zero-order chi connectivity index (χ0) is 11.9. The standard InChI is InChI=1S/C13H15N3O/c1-17-9-11-4-2-3-5-13(11)15-8-12-6-7-14-10-16-12/h2-7,10,15H,8-9H2,1H3. The van der Waals surface area contributed by atoms with E-state index < -0.39 is 0 Å². The minimum absolute atomic E-state index is 0.604. The molecule has 1 aromatic heterocycles. The summed E-state index contributed by atoms with van der Waals surface area (Å²) >= 11 is 0. The Labute approximate surface area is 101 Å². The van der Waals surface area contributed by atoms with E-state index in [1.165, 1.54) is 0 Å². The fraction of sp³-hybridized carbons (Fsp3) is 0.231. The van der Waals surface area contributed by atoms with E-state index in [0.717, 1.165) is 16.9 Å². The maximum Gasteiger partial charge on any atom is 0.115 e. The summed E-state index contributed by atoms with van der Waals surface area (Å²) in [6.07, 6.45) is 3.29. The number of methoxy groups -OCH3 is 1. The number of para-hydroxylation sites is 1. The van der Waals surface area contributed by atoms with Crippen LogP contribution in [0.1, 0.15) is 11.3 Å². The fourth-order valence-electron chi connectivity index (χ4n) is 1.58. The van der Waals surface area contributed by atoms with Crippen molar-refractivity contribution in [2.75, 3.05) is 12.4 Å². The Morgan fingerprint density at radius 2 is 2.12 bits per heavy atom. The summed E-state index contributed by atoms with van der Waals surface area (Å²) in [5.41, 5.74) is 3.18. The molecule has 0 aliphatic heterocycles. The highest BCUT2D eigenvalue weighted by atomic mass is 16.5. The molecule has 0 aliphatic rings. The van der Waals surface area contributed by atoms with Crippen molar-refractivity contribution in [2.24, 2.45) is 0 Å². The van der Waals surface area contributed by atoms with Crippen molar-refractivity contribution >= 4 is 5.69 Å². The molecule has 0 spiro atoms. The van der Waals surface area contributed by atoms with Crippen molar-refractivity contribution in [3.63, 3.8) is 0 Å². The third-order valence-electron chi connectivity index (χ3n) is 2.42. The molecule has 88 valence electrons. The minimum Gasteiger partial charge on any atom is -0.380 e. The summed E-state index contributed by atoms with van der Waals surface area (Å²) in [6, 6.07) is 9.99. The number of benzene rings is 1. The first-order valence-corrected chi connectivity index (χ1v) is 5.46. The highest BCUT2D eigenvalue weighted by Crippen LogP contribution is 2.16. The molecule has 2 rings (SSSR count). The lowest BCUT2D eigenvalue weighted by atomic mass is 10.2. The van der Waals surface area contributed by atoms with E-state index in [-0.39, 0.29) is 0 Å². The molecule has 0 saturated heterocycles. The molecule has 4 nitrogen and oxygen atoms in total. The van der Waals surface area contributed by atoms with Gasteiger partial charge in [0.05, 0.1) is 18.8 Å². The first kappa shape index (κ1) is 11.5. The van der Waals surface area contributed by atoms with E-state index in [9.17, 15) is 0 Å². The number of nitrogens with one attached hydrogen (secondary N) is 1. The van der Waals surface area contributed by atoms with Crippen LogP contribution in [0.5, 0.6) is 0 Å². The molecular formula is C13H15N3O. The van der Waals surface area contributed by atoms with Gasteiger partial charge in [0.1, 0.15) is 6.33 Å². The van der Waals surface area contributed by atoms with Gasteiger partial charge in [0.2, 0.25) is 0 Å². The van der Waals surface area contributed by atoms with Gasteiger partial charge in [0.15, 0.2) is 0 Å². The molecule has 0 atom stereocenters. The van der Waals surface area contributed by atoms with Crippen LogP contribution in [0.3, 0.4) is 0 Å². The van der Waals surface area contributed by atoms with Gasteiger partial charge in [-0.3, -0.25) is 0 Å². The van der Waals surface area contributed by atoms with Crippen LogP contribution < -0.4 is 5.32 Å². The van der Waals surface area contributed by atoms with Crippen LogP contribution in [0.2, 0.25) is 0 Å². The SMILES string of the molecule is COCc1ccccc1NCc1ccncn1. The molecular weight excluding hydrogens is 214 g/mol. The fourth-order valence-corrected chi connectivity index (χ4v) is 1.58. The molecule has 4 heteroatoms. The van der Waals surface area contributed by atoms with Crippen LogP contribution in [-0.4, -0.2) is 17.1 Å². The van der Waals surface area contributed by atoms with E-state index >= 15 is 0 Å². The lowest BCUT2D eigenvalue weighted by Crippen LogP contribution is -2.04. The Morgan fingerprint density at radius 1 is 1.24 bits per heavy atom. The Balaban J connectivity index is 2.03. The second-order valence-electron chi connectivity index (χ2n) is 3.64. The average molecular weight is 229 g/mol. The Bertz CT molecular complexity index is 459. The summed E-state index contributed by atoms with van der Waals surface area (Å²) in [5.74, 6) is 0. The molecule has 0 radical (unpaired) electrons. The Hall–Kier alpha value is -1.94. The van der Waals surface area contributed by atoms with E-state index in [1.807, 2.05) is 30.3 Å². The quantitative estimate of drug-likeness (QED) is 0.854. The van der Waals surface area contributed by atoms with Crippen LogP contribution in [0.15, 0.2) is 42.9 Å². The normalized spacial score (nSPS) is 10.2. The molecule has 0 amide bonds. The van der Waals surface area contributed by atoms with Gasteiger partial charge in [-0.15, -0.1) is 0 Å². The molecule has 2 aromatic rings. The van der Waals surface area contributed by atoms with Gasteiger partial charge < -0.3 is 10.1 Å². The van der Waals surface area contributed by atoms with Crippen LogP contribution in [0.25, 0.3) is 0 Å². The van der Waals surface area contributed by atoms with E-state index in [0.29, 0.717) is 13.2 Å². The number of nitrogens with zero attached hydrogens (tertiary/aromatic N) is 2. The lowest BCUT2D eigenvalue weighted by Gasteiger charge is -2.10. The summed E-state index contributed by atoms with van der Waals surface area (Å²) in [7, 11) is 1.70. The first-order valence-electron chi connectivity index (χ1n) is 5.46. The number of rotatable bonds is 5. The minimum atomic E-state index is 0.604. The van der Waals surface area contributed by atoms with Crippen LogP contribution in [0.4, 0.5) is 5.69 Å². The van der Waals surface area contributed by atoms with Crippen LogP contribution in [0, 0.1) is 0 Å². The number of hydrogen-bond acceptors (Lipinski definition) is 4. The van der Waals surface area contributed by atoms with Gasteiger partial charge in [-0.1, -0.05) is 18.2 Å². The average Bonchev–Trinajstić information content (AvgIpc) is 2.39. The van der Waals surface area contributed by atoms with Crippen molar-refractivity contribution in [2.45, 2.75) is 13.2 Å². The molecule has 1 N–H and O–H groups in total. The van der Waals surface area contributed by atoms with Crippen molar-refractivity contribution in [1.29, 1.82) is 0 Å². The maximum absolute atomic E-state index is 5.15. The maximum atomic E-state index is 5.15. The second-order valence-corrected chi connectivity index (χ2v) is 3.64. The number of hydrogen-bond donors (Lipinski definition) is 1. The van der Waals surface area contributed by atoms with E-state index in [4.69, 9.17) is 4.74 Å². The van der Waals surface area contributed by atoms with Gasteiger partial charge in [0, 0.05) is 24.6 Å². The molecule has 0 saturated carbocycles. The van der Waals surface area contributed by atoms with Crippen molar-refractivity contribution in [3.05, 3.63) is 54.1 Å². The van der Waals surface area contributed by atoms with Gasteiger partial charge in [-0.2, -0.15) is 0 Å². The molecule has 1 aromatic carbocycles. The molecule has 0 fully saturated rings. The van der Waals surface area contributed by atoms with E-state index in [2.05, 4.69) is 15.3 Å². The van der Waals surface area contributed by atoms with Crippen LogP contribution in [-0.2, 0) is 17.9 Å². The van der Waals surface area contributed by atoms with Gasteiger partial charge in [-0.25, -0.2) is 9.97 Å². The van der Waals surface area contributed by atoms with Gasteiger partial charge >= 0.3 is 0 Å². The first-order chi connectivity index (χ1) is 8.40. The lowest BCUT2D eigenvalue weighted by molar-refractivity contribution is 0.185. The monoisotopic (exact) mass is 229 g/mol. The number of aromatic nitrogens is 2. The topological polar surface area (TPSA) is 47.0 Å². The molecule has 0 aliphatic carbocycles. The Morgan fingerprint density at radius 3 is 2.88 bits per heavy atom. The zero-order valence-corrected chi connectivity index (χ0v) is 9.76.